The average Bonchev–Trinajstić information content (AvgIpc) is 2.67. The Hall–Kier alpha value is -2.50. The lowest BCUT2D eigenvalue weighted by Gasteiger charge is -2.10. The third-order valence-corrected chi connectivity index (χ3v) is 3.26. The molecule has 0 saturated heterocycles. The molecule has 1 amide bonds. The topological polar surface area (TPSA) is 82.2 Å². The zero-order valence-corrected chi connectivity index (χ0v) is 12.7. The van der Waals surface area contributed by atoms with Gasteiger partial charge in [-0.25, -0.2) is 0 Å². The van der Waals surface area contributed by atoms with Crippen LogP contribution in [-0.4, -0.2) is 22.2 Å². The number of benzene rings is 1. The van der Waals surface area contributed by atoms with Crippen LogP contribution in [0.4, 0.5) is 5.69 Å². The van der Waals surface area contributed by atoms with E-state index in [-0.39, 0.29) is 5.91 Å². The number of nitrogen functional groups attached to an aromatic ring is 1. The number of anilines is 1. The summed E-state index contributed by atoms with van der Waals surface area (Å²) in [6.07, 6.45) is 0. The molecule has 6 nitrogen and oxygen atoms in total. The van der Waals surface area contributed by atoms with Gasteiger partial charge in [0.15, 0.2) is 11.5 Å². The first-order chi connectivity index (χ1) is 9.93. The molecule has 0 atom stereocenters. The molecule has 112 valence electrons. The van der Waals surface area contributed by atoms with E-state index in [4.69, 9.17) is 10.5 Å². The number of ether oxygens (including phenoxy) is 1. The second kappa shape index (κ2) is 5.87. The molecule has 0 radical (unpaired) electrons. The highest BCUT2D eigenvalue weighted by atomic mass is 16.5. The molecular weight excluding hydrogens is 268 g/mol. The molecule has 0 bridgehead atoms. The number of nitrogens with two attached hydrogens (primary N) is 1. The Labute approximate surface area is 123 Å². The second-order valence-corrected chi connectivity index (χ2v) is 4.84. The minimum atomic E-state index is -0.149. The summed E-state index contributed by atoms with van der Waals surface area (Å²) < 4.78 is 7.60. The first-order valence-electron chi connectivity index (χ1n) is 6.79. The molecule has 21 heavy (non-hydrogen) atoms. The number of aryl methyl sites for hydroxylation is 2. The van der Waals surface area contributed by atoms with Gasteiger partial charge in [0.25, 0.3) is 5.91 Å². The molecular formula is C15H20N4O2. The van der Waals surface area contributed by atoms with E-state index in [0.717, 1.165) is 11.4 Å². The van der Waals surface area contributed by atoms with E-state index in [9.17, 15) is 4.79 Å². The Morgan fingerprint density at radius 2 is 2.14 bits per heavy atom. The predicted octanol–water partition coefficient (Wildman–Crippen LogP) is 2.16. The van der Waals surface area contributed by atoms with Crippen molar-refractivity contribution >= 4 is 11.6 Å². The molecule has 2 aromatic rings. The van der Waals surface area contributed by atoms with E-state index in [1.54, 1.807) is 22.9 Å². The standard InChI is InChI=1S/C15H20N4O2/c1-5-17-15(20)11-6-7-13(12(16)8-11)21-14-9(2)18-19(4)10(14)3/h6-8H,5,16H2,1-4H3,(H,17,20). The van der Waals surface area contributed by atoms with Gasteiger partial charge >= 0.3 is 0 Å². The Balaban J connectivity index is 2.27. The van der Waals surface area contributed by atoms with Gasteiger partial charge in [-0.05, 0) is 39.0 Å². The van der Waals surface area contributed by atoms with Gasteiger partial charge in [0.2, 0.25) is 0 Å². The first-order valence-corrected chi connectivity index (χ1v) is 6.79. The third-order valence-electron chi connectivity index (χ3n) is 3.26. The molecule has 3 N–H and O–H groups in total. The monoisotopic (exact) mass is 288 g/mol. The van der Waals surface area contributed by atoms with Gasteiger partial charge in [-0.1, -0.05) is 0 Å². The molecule has 0 unspecified atom stereocenters. The first kappa shape index (κ1) is 14.9. The molecule has 1 heterocycles. The second-order valence-electron chi connectivity index (χ2n) is 4.84. The third kappa shape index (κ3) is 2.99. The van der Waals surface area contributed by atoms with Gasteiger partial charge in [-0.15, -0.1) is 0 Å². The van der Waals surface area contributed by atoms with E-state index in [1.807, 2.05) is 27.8 Å². The molecule has 2 rings (SSSR count). The van der Waals surface area contributed by atoms with E-state index in [2.05, 4.69) is 10.4 Å². The summed E-state index contributed by atoms with van der Waals surface area (Å²) in [5.74, 6) is 1.06. The van der Waals surface area contributed by atoms with Crippen molar-refractivity contribution in [3.63, 3.8) is 0 Å². The lowest BCUT2D eigenvalue weighted by atomic mass is 10.1. The summed E-state index contributed by atoms with van der Waals surface area (Å²) >= 11 is 0. The maximum absolute atomic E-state index is 11.8. The van der Waals surface area contributed by atoms with Crippen LogP contribution in [0.1, 0.15) is 28.7 Å². The summed E-state index contributed by atoms with van der Waals surface area (Å²) in [6.45, 7) is 6.24. The number of nitrogens with one attached hydrogen (secondary N) is 1. The van der Waals surface area contributed by atoms with Crippen molar-refractivity contribution < 1.29 is 9.53 Å². The smallest absolute Gasteiger partial charge is 0.251 e. The zero-order chi connectivity index (χ0) is 15.6. The van der Waals surface area contributed by atoms with Gasteiger partial charge in [0, 0.05) is 19.2 Å². The molecule has 0 spiro atoms. The van der Waals surface area contributed by atoms with Crippen LogP contribution in [0.25, 0.3) is 0 Å². The number of nitrogens with zero attached hydrogens (tertiary/aromatic N) is 2. The van der Waals surface area contributed by atoms with Crippen LogP contribution in [0, 0.1) is 13.8 Å². The lowest BCUT2D eigenvalue weighted by Crippen LogP contribution is -2.22. The summed E-state index contributed by atoms with van der Waals surface area (Å²) in [5.41, 5.74) is 8.62. The van der Waals surface area contributed by atoms with Gasteiger partial charge < -0.3 is 15.8 Å². The molecule has 0 saturated carbocycles. The molecule has 0 aliphatic heterocycles. The van der Waals surface area contributed by atoms with Crippen molar-refractivity contribution in [2.45, 2.75) is 20.8 Å². The molecule has 0 aliphatic rings. The Bertz CT molecular complexity index is 677. The fourth-order valence-corrected chi connectivity index (χ4v) is 2.06. The Morgan fingerprint density at radius 1 is 1.43 bits per heavy atom. The highest BCUT2D eigenvalue weighted by molar-refractivity contribution is 5.95. The molecule has 1 aromatic heterocycles. The van der Waals surface area contributed by atoms with Crippen LogP contribution >= 0.6 is 0 Å². The highest BCUT2D eigenvalue weighted by Gasteiger charge is 2.14. The van der Waals surface area contributed by atoms with Gasteiger partial charge in [0.05, 0.1) is 11.4 Å². The minimum absolute atomic E-state index is 0.149. The Kier molecular flexibility index (Phi) is 4.16. The van der Waals surface area contributed by atoms with E-state index >= 15 is 0 Å². The largest absolute Gasteiger partial charge is 0.451 e. The van der Waals surface area contributed by atoms with Crippen molar-refractivity contribution in [1.82, 2.24) is 15.1 Å². The molecule has 1 aromatic carbocycles. The van der Waals surface area contributed by atoms with Crippen molar-refractivity contribution in [3.05, 3.63) is 35.2 Å². The summed E-state index contributed by atoms with van der Waals surface area (Å²) in [7, 11) is 1.86. The minimum Gasteiger partial charge on any atom is -0.451 e. The molecule has 0 aliphatic carbocycles. The number of rotatable bonds is 4. The van der Waals surface area contributed by atoms with Crippen molar-refractivity contribution in [2.75, 3.05) is 12.3 Å². The Morgan fingerprint density at radius 3 is 2.67 bits per heavy atom. The fourth-order valence-electron chi connectivity index (χ4n) is 2.06. The number of carbonyl (C=O) groups excluding carboxylic acids is 1. The van der Waals surface area contributed by atoms with Crippen LogP contribution in [0.2, 0.25) is 0 Å². The number of carbonyl (C=O) groups is 1. The van der Waals surface area contributed by atoms with Crippen LogP contribution in [0.15, 0.2) is 18.2 Å². The van der Waals surface area contributed by atoms with Crippen LogP contribution in [0.5, 0.6) is 11.5 Å². The van der Waals surface area contributed by atoms with Gasteiger partial charge in [0.1, 0.15) is 5.69 Å². The quantitative estimate of drug-likeness (QED) is 0.845. The van der Waals surface area contributed by atoms with Crippen LogP contribution in [-0.2, 0) is 7.05 Å². The van der Waals surface area contributed by atoms with Gasteiger partial charge in [-0.3, -0.25) is 9.48 Å². The SMILES string of the molecule is CCNC(=O)c1ccc(Oc2c(C)nn(C)c2C)c(N)c1. The number of hydrogen-bond acceptors (Lipinski definition) is 4. The lowest BCUT2D eigenvalue weighted by molar-refractivity contribution is 0.0956. The maximum Gasteiger partial charge on any atom is 0.251 e. The normalized spacial score (nSPS) is 10.5. The van der Waals surface area contributed by atoms with Gasteiger partial charge in [-0.2, -0.15) is 5.10 Å². The van der Waals surface area contributed by atoms with Crippen molar-refractivity contribution in [1.29, 1.82) is 0 Å². The van der Waals surface area contributed by atoms with Crippen molar-refractivity contribution in [3.8, 4) is 11.5 Å². The summed E-state index contributed by atoms with van der Waals surface area (Å²) in [4.78, 5) is 11.8. The number of aromatic nitrogens is 2. The summed E-state index contributed by atoms with van der Waals surface area (Å²) in [5, 5.41) is 7.02. The van der Waals surface area contributed by atoms with E-state index < -0.39 is 0 Å². The van der Waals surface area contributed by atoms with Crippen molar-refractivity contribution in [2.24, 2.45) is 7.05 Å². The van der Waals surface area contributed by atoms with E-state index in [1.165, 1.54) is 0 Å². The van der Waals surface area contributed by atoms with Crippen LogP contribution < -0.4 is 15.8 Å². The number of hydrogen-bond donors (Lipinski definition) is 2. The maximum atomic E-state index is 11.8. The zero-order valence-electron chi connectivity index (χ0n) is 12.7. The van der Waals surface area contributed by atoms with Crippen LogP contribution in [0.3, 0.4) is 0 Å². The average molecular weight is 288 g/mol. The number of amides is 1. The highest BCUT2D eigenvalue weighted by Crippen LogP contribution is 2.32. The van der Waals surface area contributed by atoms with E-state index in [0.29, 0.717) is 29.3 Å². The predicted molar refractivity (Wildman–Crippen MR) is 81.6 cm³/mol. The fraction of sp³-hybridized carbons (Fsp3) is 0.333. The molecule has 6 heteroatoms. The summed E-state index contributed by atoms with van der Waals surface area (Å²) in [6, 6.07) is 5.00. The molecule has 0 fully saturated rings.